The van der Waals surface area contributed by atoms with Crippen molar-refractivity contribution in [3.8, 4) is 17.2 Å². The van der Waals surface area contributed by atoms with Gasteiger partial charge in [0.05, 0.1) is 12.5 Å². The smallest absolute Gasteiger partial charge is 0.316 e. The van der Waals surface area contributed by atoms with E-state index >= 15 is 0 Å². The molecule has 37 heavy (non-hydrogen) atoms. The van der Waals surface area contributed by atoms with Crippen molar-refractivity contribution in [3.63, 3.8) is 0 Å². The second-order valence-corrected chi connectivity index (χ2v) is 11.5. The summed E-state index contributed by atoms with van der Waals surface area (Å²) in [4.78, 5) is 30.5. The van der Waals surface area contributed by atoms with Gasteiger partial charge in [-0.05, 0) is 95.8 Å². The van der Waals surface area contributed by atoms with Crippen LogP contribution in [0.15, 0.2) is 24.3 Å². The first-order valence-corrected chi connectivity index (χ1v) is 13.1. The molecule has 0 aliphatic carbocycles. The molecule has 1 fully saturated rings. The average Bonchev–Trinajstić information content (AvgIpc) is 2.88. The number of hydrogen-bond acceptors (Lipinski definition) is 6. The van der Waals surface area contributed by atoms with Crippen molar-refractivity contribution in [2.45, 2.75) is 66.9 Å². The predicted octanol–water partition coefficient (Wildman–Crippen LogP) is 5.00. The van der Waals surface area contributed by atoms with E-state index in [0.29, 0.717) is 31.7 Å². The summed E-state index contributed by atoms with van der Waals surface area (Å²) >= 11 is 0. The SMILES string of the molecule is COc1ccc(N2CCN(C(=O)C3(C)CCc4c(C)c(OC(=O)C(C)(C)C)c(C)c(C)c4O3)CC2)cc1. The van der Waals surface area contributed by atoms with Crippen LogP contribution < -0.4 is 19.1 Å². The lowest BCUT2D eigenvalue weighted by Gasteiger charge is -2.43. The van der Waals surface area contributed by atoms with Crippen LogP contribution in [-0.2, 0) is 16.0 Å². The van der Waals surface area contributed by atoms with E-state index in [2.05, 4.69) is 17.0 Å². The van der Waals surface area contributed by atoms with Crippen molar-refractivity contribution in [1.82, 2.24) is 4.90 Å². The summed E-state index contributed by atoms with van der Waals surface area (Å²) in [7, 11) is 1.66. The van der Waals surface area contributed by atoms with Crippen LogP contribution in [0.2, 0.25) is 0 Å². The molecular formula is C30H40N2O5. The highest BCUT2D eigenvalue weighted by atomic mass is 16.5. The first-order valence-electron chi connectivity index (χ1n) is 13.1. The molecule has 0 aromatic heterocycles. The highest BCUT2D eigenvalue weighted by molar-refractivity contribution is 5.86. The van der Waals surface area contributed by atoms with Gasteiger partial charge in [0.2, 0.25) is 0 Å². The number of rotatable bonds is 4. The highest BCUT2D eigenvalue weighted by Crippen LogP contribution is 2.44. The van der Waals surface area contributed by atoms with E-state index in [1.807, 2.05) is 65.5 Å². The average molecular weight is 509 g/mol. The lowest BCUT2D eigenvalue weighted by atomic mass is 9.86. The molecule has 1 unspecified atom stereocenters. The molecule has 2 aromatic carbocycles. The quantitative estimate of drug-likeness (QED) is 0.428. The van der Waals surface area contributed by atoms with Gasteiger partial charge in [0.15, 0.2) is 5.60 Å². The highest BCUT2D eigenvalue weighted by Gasteiger charge is 2.44. The number of amides is 1. The van der Waals surface area contributed by atoms with Crippen LogP contribution in [-0.4, -0.2) is 55.7 Å². The summed E-state index contributed by atoms with van der Waals surface area (Å²) in [6, 6.07) is 8.03. The molecule has 200 valence electrons. The molecule has 0 spiro atoms. The molecule has 1 saturated heterocycles. The minimum absolute atomic E-state index is 0.0328. The zero-order chi connectivity index (χ0) is 27.1. The van der Waals surface area contributed by atoms with E-state index in [-0.39, 0.29) is 11.9 Å². The molecule has 0 saturated carbocycles. The number of carbonyl (C=O) groups excluding carboxylic acids is 2. The lowest BCUT2D eigenvalue weighted by Crippen LogP contribution is -2.57. The van der Waals surface area contributed by atoms with Crippen LogP contribution in [0.5, 0.6) is 17.2 Å². The minimum Gasteiger partial charge on any atom is -0.497 e. The number of fused-ring (bicyclic) bond motifs is 1. The summed E-state index contributed by atoms with van der Waals surface area (Å²) in [6.07, 6.45) is 1.27. The Hall–Kier alpha value is -3.22. The fraction of sp³-hybridized carbons (Fsp3) is 0.533. The standard InChI is InChI=1S/C30H40N2O5/c1-19-20(2)26-24(21(3)25(19)36-28(34)29(4,5)6)13-14-30(7,37-26)27(33)32-17-15-31(16-18-32)22-9-11-23(35-8)12-10-22/h9-12H,13-18H2,1-8H3. The Morgan fingerprint density at radius 3 is 2.14 bits per heavy atom. The summed E-state index contributed by atoms with van der Waals surface area (Å²) in [5.74, 6) is 1.98. The fourth-order valence-electron chi connectivity index (χ4n) is 5.08. The molecule has 2 aliphatic heterocycles. The van der Waals surface area contributed by atoms with Gasteiger partial charge in [-0.15, -0.1) is 0 Å². The van der Waals surface area contributed by atoms with Gasteiger partial charge < -0.3 is 24.0 Å². The Morgan fingerprint density at radius 1 is 0.946 bits per heavy atom. The number of piperazine rings is 1. The Kier molecular flexibility index (Phi) is 7.19. The first kappa shape index (κ1) is 26.8. The minimum atomic E-state index is -0.928. The maximum absolute atomic E-state index is 13.7. The van der Waals surface area contributed by atoms with E-state index in [9.17, 15) is 9.59 Å². The predicted molar refractivity (Wildman–Crippen MR) is 145 cm³/mol. The van der Waals surface area contributed by atoms with E-state index in [4.69, 9.17) is 14.2 Å². The monoisotopic (exact) mass is 508 g/mol. The molecule has 0 N–H and O–H groups in total. The van der Waals surface area contributed by atoms with Crippen molar-refractivity contribution >= 4 is 17.6 Å². The molecule has 0 radical (unpaired) electrons. The first-order chi connectivity index (χ1) is 17.4. The van der Waals surface area contributed by atoms with Gasteiger partial charge >= 0.3 is 5.97 Å². The van der Waals surface area contributed by atoms with Crippen molar-refractivity contribution in [1.29, 1.82) is 0 Å². The Bertz CT molecular complexity index is 1190. The summed E-state index contributed by atoms with van der Waals surface area (Å²) < 4.78 is 17.7. The van der Waals surface area contributed by atoms with E-state index in [1.165, 1.54) is 0 Å². The summed E-state index contributed by atoms with van der Waals surface area (Å²) in [5.41, 5.74) is 3.34. The van der Waals surface area contributed by atoms with Crippen LogP contribution in [0.3, 0.4) is 0 Å². The Balaban J connectivity index is 1.49. The Labute approximate surface area is 220 Å². The maximum Gasteiger partial charge on any atom is 0.316 e. The van der Waals surface area contributed by atoms with E-state index < -0.39 is 11.0 Å². The van der Waals surface area contributed by atoms with Gasteiger partial charge in [-0.2, -0.15) is 0 Å². The van der Waals surface area contributed by atoms with Crippen LogP contribution in [0, 0.1) is 26.2 Å². The maximum atomic E-state index is 13.7. The van der Waals surface area contributed by atoms with Gasteiger partial charge in [0.1, 0.15) is 17.2 Å². The number of hydrogen-bond donors (Lipinski definition) is 0. The Morgan fingerprint density at radius 2 is 1.57 bits per heavy atom. The van der Waals surface area contributed by atoms with Crippen molar-refractivity contribution in [2.75, 3.05) is 38.2 Å². The molecule has 2 heterocycles. The van der Waals surface area contributed by atoms with Gasteiger partial charge in [-0.1, -0.05) is 0 Å². The number of esters is 1. The molecule has 2 aliphatic rings. The molecule has 2 aromatic rings. The van der Waals surface area contributed by atoms with Gasteiger partial charge in [-0.25, -0.2) is 0 Å². The number of methoxy groups -OCH3 is 1. The third-order valence-corrected chi connectivity index (χ3v) is 7.75. The van der Waals surface area contributed by atoms with Gasteiger partial charge in [0, 0.05) is 43.9 Å². The number of anilines is 1. The molecule has 1 atom stereocenters. The van der Waals surface area contributed by atoms with Crippen molar-refractivity contribution in [2.24, 2.45) is 5.41 Å². The third kappa shape index (κ3) is 5.13. The lowest BCUT2D eigenvalue weighted by molar-refractivity contribution is -0.148. The summed E-state index contributed by atoms with van der Waals surface area (Å²) in [5, 5.41) is 0. The fourth-order valence-corrected chi connectivity index (χ4v) is 5.08. The second-order valence-electron chi connectivity index (χ2n) is 11.5. The zero-order valence-corrected chi connectivity index (χ0v) is 23.5. The topological polar surface area (TPSA) is 68.3 Å². The number of nitrogens with zero attached hydrogens (tertiary/aromatic N) is 2. The number of carbonyl (C=O) groups is 2. The van der Waals surface area contributed by atoms with Crippen LogP contribution in [0.1, 0.15) is 56.4 Å². The van der Waals surface area contributed by atoms with Crippen LogP contribution in [0.25, 0.3) is 0 Å². The van der Waals surface area contributed by atoms with Gasteiger partial charge in [0.25, 0.3) is 5.91 Å². The van der Waals surface area contributed by atoms with E-state index in [1.54, 1.807) is 7.11 Å². The summed E-state index contributed by atoms with van der Waals surface area (Å²) in [6.45, 7) is 16.2. The normalized spacial score (nSPS) is 19.7. The van der Waals surface area contributed by atoms with Gasteiger partial charge in [-0.3, -0.25) is 9.59 Å². The van der Waals surface area contributed by atoms with Crippen molar-refractivity contribution in [3.05, 3.63) is 46.5 Å². The second kappa shape index (κ2) is 9.92. The molecule has 7 heteroatoms. The third-order valence-electron chi connectivity index (χ3n) is 7.75. The molecule has 0 bridgehead atoms. The largest absolute Gasteiger partial charge is 0.497 e. The van der Waals surface area contributed by atoms with E-state index in [0.717, 1.165) is 52.5 Å². The molecular weight excluding hydrogens is 468 g/mol. The van der Waals surface area contributed by atoms with Crippen LogP contribution >= 0.6 is 0 Å². The molecule has 4 rings (SSSR count). The van der Waals surface area contributed by atoms with Crippen LogP contribution in [0.4, 0.5) is 5.69 Å². The molecule has 1 amide bonds. The number of ether oxygens (including phenoxy) is 3. The number of benzene rings is 2. The molecule has 7 nitrogen and oxygen atoms in total. The zero-order valence-electron chi connectivity index (χ0n) is 23.5. The van der Waals surface area contributed by atoms with Crippen molar-refractivity contribution < 1.29 is 23.8 Å².